The van der Waals surface area contributed by atoms with E-state index in [2.05, 4.69) is 53.8 Å². The van der Waals surface area contributed by atoms with Gasteiger partial charge in [0.25, 0.3) is 0 Å². The van der Waals surface area contributed by atoms with Gasteiger partial charge >= 0.3 is 0 Å². The van der Waals surface area contributed by atoms with E-state index in [-0.39, 0.29) is 0 Å². The van der Waals surface area contributed by atoms with Gasteiger partial charge in [-0.25, -0.2) is 0 Å². The normalized spacial score (nSPS) is 27.2. The zero-order valence-corrected chi connectivity index (χ0v) is 11.2. The molecule has 0 aromatic carbocycles. The quantitative estimate of drug-likeness (QED) is 0.875. The van der Waals surface area contributed by atoms with Crippen LogP contribution in [0.3, 0.4) is 0 Å². The standard InChI is InChI=1S/C12H21N3S/c1-4-15-10(6-8-14-15)11(13-3)12(2)7-5-9-16-12/h6,8,11,13H,4-5,7,9H2,1-3H3. The van der Waals surface area contributed by atoms with Crippen LogP contribution in [0, 0.1) is 0 Å². The van der Waals surface area contributed by atoms with E-state index in [4.69, 9.17) is 0 Å². The molecule has 16 heavy (non-hydrogen) atoms. The second kappa shape index (κ2) is 4.80. The predicted molar refractivity (Wildman–Crippen MR) is 69.8 cm³/mol. The van der Waals surface area contributed by atoms with Crippen molar-refractivity contribution in [3.05, 3.63) is 18.0 Å². The highest BCUT2D eigenvalue weighted by Gasteiger charge is 2.39. The van der Waals surface area contributed by atoms with Gasteiger partial charge in [0.05, 0.1) is 11.7 Å². The van der Waals surface area contributed by atoms with Gasteiger partial charge in [0.1, 0.15) is 0 Å². The van der Waals surface area contributed by atoms with Crippen molar-refractivity contribution in [3.63, 3.8) is 0 Å². The van der Waals surface area contributed by atoms with Crippen molar-refractivity contribution < 1.29 is 0 Å². The van der Waals surface area contributed by atoms with Crippen molar-refractivity contribution in [1.82, 2.24) is 15.1 Å². The second-order valence-electron chi connectivity index (χ2n) is 4.56. The highest BCUT2D eigenvalue weighted by molar-refractivity contribution is 8.00. The molecule has 1 saturated heterocycles. The first-order chi connectivity index (χ1) is 7.71. The van der Waals surface area contributed by atoms with Crippen LogP contribution in [0.4, 0.5) is 0 Å². The van der Waals surface area contributed by atoms with Crippen LogP contribution in [0.15, 0.2) is 12.3 Å². The molecule has 2 rings (SSSR count). The summed E-state index contributed by atoms with van der Waals surface area (Å²) in [5, 5.41) is 7.85. The van der Waals surface area contributed by atoms with Gasteiger partial charge in [0.2, 0.25) is 0 Å². The van der Waals surface area contributed by atoms with Crippen molar-refractivity contribution in [1.29, 1.82) is 0 Å². The maximum Gasteiger partial charge on any atom is 0.0635 e. The van der Waals surface area contributed by atoms with E-state index in [1.54, 1.807) is 0 Å². The molecule has 1 aliphatic rings. The molecule has 2 unspecified atom stereocenters. The molecule has 0 aliphatic carbocycles. The van der Waals surface area contributed by atoms with E-state index < -0.39 is 0 Å². The summed E-state index contributed by atoms with van der Waals surface area (Å²) in [6.45, 7) is 5.47. The monoisotopic (exact) mass is 239 g/mol. The summed E-state index contributed by atoms with van der Waals surface area (Å²) in [6.07, 6.45) is 4.53. The van der Waals surface area contributed by atoms with Crippen LogP contribution in [0.5, 0.6) is 0 Å². The molecule has 90 valence electrons. The Bertz CT molecular complexity index is 342. The fraction of sp³-hybridized carbons (Fsp3) is 0.750. The molecule has 2 atom stereocenters. The average Bonchev–Trinajstić information content (AvgIpc) is 2.89. The minimum atomic E-state index is 0.321. The van der Waals surface area contributed by atoms with Gasteiger partial charge in [-0.1, -0.05) is 0 Å². The fourth-order valence-corrected chi connectivity index (χ4v) is 4.10. The molecule has 2 heterocycles. The second-order valence-corrected chi connectivity index (χ2v) is 6.19. The van der Waals surface area contributed by atoms with Crippen molar-refractivity contribution >= 4 is 11.8 Å². The molecular weight excluding hydrogens is 218 g/mol. The van der Waals surface area contributed by atoms with Crippen LogP contribution in [0.25, 0.3) is 0 Å². The first kappa shape index (κ1) is 12.0. The smallest absolute Gasteiger partial charge is 0.0635 e. The zero-order valence-electron chi connectivity index (χ0n) is 10.4. The van der Waals surface area contributed by atoms with Gasteiger partial charge in [-0.3, -0.25) is 4.68 Å². The van der Waals surface area contributed by atoms with E-state index in [0.29, 0.717) is 10.8 Å². The number of rotatable bonds is 4. The Kier molecular flexibility index (Phi) is 3.60. The van der Waals surface area contributed by atoms with Crippen molar-refractivity contribution in [3.8, 4) is 0 Å². The molecule has 0 radical (unpaired) electrons. The summed E-state index contributed by atoms with van der Waals surface area (Å²) < 4.78 is 2.42. The van der Waals surface area contributed by atoms with E-state index in [1.807, 2.05) is 6.20 Å². The van der Waals surface area contributed by atoms with E-state index >= 15 is 0 Å². The Balaban J connectivity index is 2.28. The lowest BCUT2D eigenvalue weighted by Crippen LogP contribution is -2.37. The lowest BCUT2D eigenvalue weighted by atomic mass is 9.93. The Labute approximate surface area is 102 Å². The lowest BCUT2D eigenvalue weighted by molar-refractivity contribution is 0.410. The number of hydrogen-bond acceptors (Lipinski definition) is 3. The molecule has 3 nitrogen and oxygen atoms in total. The van der Waals surface area contributed by atoms with Crippen LogP contribution >= 0.6 is 11.8 Å². The summed E-state index contributed by atoms with van der Waals surface area (Å²) in [6, 6.07) is 2.55. The molecule has 1 fully saturated rings. The van der Waals surface area contributed by atoms with Gasteiger partial charge in [0, 0.05) is 17.5 Å². The largest absolute Gasteiger partial charge is 0.311 e. The molecule has 4 heteroatoms. The van der Waals surface area contributed by atoms with Crippen LogP contribution < -0.4 is 5.32 Å². The number of aryl methyl sites for hydroxylation is 1. The minimum absolute atomic E-state index is 0.321. The van der Waals surface area contributed by atoms with Crippen molar-refractivity contribution in [2.24, 2.45) is 0 Å². The fourth-order valence-electron chi connectivity index (χ4n) is 2.65. The third-order valence-electron chi connectivity index (χ3n) is 3.49. The third-order valence-corrected chi connectivity index (χ3v) is 5.09. The molecule has 1 aromatic heterocycles. The van der Waals surface area contributed by atoms with Crippen LogP contribution in [-0.4, -0.2) is 27.3 Å². The number of nitrogens with one attached hydrogen (secondary N) is 1. The Morgan fingerprint density at radius 3 is 3.06 bits per heavy atom. The molecular formula is C12H21N3S. The Morgan fingerprint density at radius 2 is 2.50 bits per heavy atom. The summed E-state index contributed by atoms with van der Waals surface area (Å²) >= 11 is 2.09. The number of hydrogen-bond donors (Lipinski definition) is 1. The minimum Gasteiger partial charge on any atom is -0.311 e. The van der Waals surface area contributed by atoms with Crippen LogP contribution in [-0.2, 0) is 6.54 Å². The third kappa shape index (κ3) is 2.00. The summed E-state index contributed by atoms with van der Waals surface area (Å²) in [7, 11) is 2.06. The van der Waals surface area contributed by atoms with Crippen molar-refractivity contribution in [2.75, 3.05) is 12.8 Å². The van der Waals surface area contributed by atoms with Crippen molar-refractivity contribution in [2.45, 2.75) is 44.0 Å². The van der Waals surface area contributed by atoms with Gasteiger partial charge in [0.15, 0.2) is 0 Å². The summed E-state index contributed by atoms with van der Waals surface area (Å²) in [4.78, 5) is 0. The van der Waals surface area contributed by atoms with Gasteiger partial charge < -0.3 is 5.32 Å². The number of thioether (sulfide) groups is 1. The maximum absolute atomic E-state index is 4.37. The highest BCUT2D eigenvalue weighted by Crippen LogP contribution is 2.46. The molecule has 0 amide bonds. The molecule has 0 saturated carbocycles. The summed E-state index contributed by atoms with van der Waals surface area (Å²) in [5.74, 6) is 1.29. The maximum atomic E-state index is 4.37. The zero-order chi connectivity index (χ0) is 11.6. The van der Waals surface area contributed by atoms with Crippen LogP contribution in [0.2, 0.25) is 0 Å². The number of nitrogens with zero attached hydrogens (tertiary/aromatic N) is 2. The topological polar surface area (TPSA) is 29.9 Å². The molecule has 0 spiro atoms. The first-order valence-corrected chi connectivity index (χ1v) is 7.03. The highest BCUT2D eigenvalue weighted by atomic mass is 32.2. The summed E-state index contributed by atoms with van der Waals surface area (Å²) in [5.41, 5.74) is 1.32. The SMILES string of the molecule is CCn1nccc1C(NC)C1(C)CCCS1. The number of aromatic nitrogens is 2. The van der Waals surface area contributed by atoms with E-state index in [0.717, 1.165) is 6.54 Å². The van der Waals surface area contributed by atoms with Gasteiger partial charge in [-0.15, -0.1) is 0 Å². The average molecular weight is 239 g/mol. The molecule has 1 aliphatic heterocycles. The van der Waals surface area contributed by atoms with E-state index in [9.17, 15) is 0 Å². The van der Waals surface area contributed by atoms with Crippen LogP contribution in [0.1, 0.15) is 38.4 Å². The Morgan fingerprint density at radius 1 is 1.69 bits per heavy atom. The van der Waals surface area contributed by atoms with Gasteiger partial charge in [-0.05, 0) is 45.6 Å². The molecule has 1 aromatic rings. The first-order valence-electron chi connectivity index (χ1n) is 6.04. The lowest BCUT2D eigenvalue weighted by Gasteiger charge is -2.33. The Hall–Kier alpha value is -0.480. The predicted octanol–water partition coefficient (Wildman–Crippen LogP) is 2.45. The molecule has 0 bridgehead atoms. The van der Waals surface area contributed by atoms with Gasteiger partial charge in [-0.2, -0.15) is 16.9 Å². The molecule has 1 N–H and O–H groups in total. The van der Waals surface area contributed by atoms with E-state index in [1.165, 1.54) is 24.3 Å².